The first-order valence-corrected chi connectivity index (χ1v) is 9.15. The van der Waals surface area contributed by atoms with Gasteiger partial charge in [-0.05, 0) is 42.0 Å². The molecule has 3 unspecified atom stereocenters. The summed E-state index contributed by atoms with van der Waals surface area (Å²) in [6, 6.07) is 7.37. The Kier molecular flexibility index (Phi) is 5.47. The predicted octanol–water partition coefficient (Wildman–Crippen LogP) is 3.37. The molecule has 0 aliphatic heterocycles. The fourth-order valence-electron chi connectivity index (χ4n) is 4.23. The number of methoxy groups -OCH3 is 1. The minimum atomic E-state index is -0.541. The minimum Gasteiger partial charge on any atom is -0.497 e. The largest absolute Gasteiger partial charge is 0.497 e. The van der Waals surface area contributed by atoms with E-state index in [0.29, 0.717) is 25.0 Å². The molecule has 5 heteroatoms. The Morgan fingerprint density at radius 1 is 1.38 bits per heavy atom. The van der Waals surface area contributed by atoms with E-state index in [0.717, 1.165) is 23.1 Å². The number of carbonyl (C=O) groups excluding carboxylic acids is 2. The van der Waals surface area contributed by atoms with Crippen LogP contribution in [0, 0.1) is 11.8 Å². The Hall–Kier alpha value is -2.14. The van der Waals surface area contributed by atoms with Crippen molar-refractivity contribution < 1.29 is 24.2 Å². The van der Waals surface area contributed by atoms with E-state index in [-0.39, 0.29) is 23.6 Å². The van der Waals surface area contributed by atoms with Gasteiger partial charge in [-0.1, -0.05) is 24.6 Å². The van der Waals surface area contributed by atoms with Gasteiger partial charge in [-0.3, -0.25) is 9.59 Å². The van der Waals surface area contributed by atoms with Gasteiger partial charge in [-0.2, -0.15) is 0 Å². The van der Waals surface area contributed by atoms with E-state index in [2.05, 4.69) is 0 Å². The molecule has 5 nitrogen and oxygen atoms in total. The fourth-order valence-corrected chi connectivity index (χ4v) is 4.23. The van der Waals surface area contributed by atoms with E-state index in [4.69, 9.17) is 9.47 Å². The van der Waals surface area contributed by atoms with Gasteiger partial charge < -0.3 is 14.6 Å². The minimum absolute atomic E-state index is 0.0565. The second kappa shape index (κ2) is 7.62. The van der Waals surface area contributed by atoms with Crippen LogP contribution in [0.2, 0.25) is 0 Å². The van der Waals surface area contributed by atoms with Crippen LogP contribution in [0.3, 0.4) is 0 Å². The molecular formula is C21H26O5. The number of ketones is 1. The molecule has 1 saturated carbocycles. The number of carbonyl (C=O) groups is 2. The van der Waals surface area contributed by atoms with Crippen LogP contribution in [0.4, 0.5) is 0 Å². The van der Waals surface area contributed by atoms with Crippen molar-refractivity contribution in [3.8, 4) is 5.75 Å². The molecule has 2 aliphatic carbocycles. The van der Waals surface area contributed by atoms with E-state index in [1.54, 1.807) is 7.11 Å². The van der Waals surface area contributed by atoms with Crippen LogP contribution in [0.1, 0.15) is 51.2 Å². The number of esters is 1. The zero-order valence-electron chi connectivity index (χ0n) is 15.5. The van der Waals surface area contributed by atoms with Gasteiger partial charge in [0.15, 0.2) is 5.78 Å². The SMILES string of the molecule is COc1cccc(C(CC2=C3CC(C)[C@@H](O)C3CCC2=O)OC(C)=O)c1. The van der Waals surface area contributed by atoms with Gasteiger partial charge in [0.25, 0.3) is 0 Å². The number of aliphatic hydroxyl groups is 1. The van der Waals surface area contributed by atoms with Crippen molar-refractivity contribution >= 4 is 11.8 Å². The Bertz CT molecular complexity index is 736. The highest BCUT2D eigenvalue weighted by Gasteiger charge is 2.41. The molecule has 0 radical (unpaired) electrons. The quantitative estimate of drug-likeness (QED) is 0.817. The highest BCUT2D eigenvalue weighted by Crippen LogP contribution is 2.45. The van der Waals surface area contributed by atoms with Crippen molar-refractivity contribution in [3.05, 3.63) is 41.0 Å². The van der Waals surface area contributed by atoms with E-state index in [9.17, 15) is 14.7 Å². The Morgan fingerprint density at radius 3 is 2.85 bits per heavy atom. The van der Waals surface area contributed by atoms with E-state index in [1.165, 1.54) is 6.92 Å². The molecule has 140 valence electrons. The van der Waals surface area contributed by atoms with E-state index in [1.807, 2.05) is 31.2 Å². The summed E-state index contributed by atoms with van der Waals surface area (Å²) in [6.45, 7) is 3.39. The molecule has 1 aromatic rings. The second-order valence-electron chi connectivity index (χ2n) is 7.32. The third-order valence-corrected chi connectivity index (χ3v) is 5.55. The highest BCUT2D eigenvalue weighted by atomic mass is 16.5. The maximum absolute atomic E-state index is 12.6. The lowest BCUT2D eigenvalue weighted by molar-refractivity contribution is -0.147. The van der Waals surface area contributed by atoms with Crippen LogP contribution >= 0.6 is 0 Å². The number of ether oxygens (including phenoxy) is 2. The monoisotopic (exact) mass is 358 g/mol. The van der Waals surface area contributed by atoms with E-state index < -0.39 is 12.2 Å². The molecule has 0 heterocycles. The molecular weight excluding hydrogens is 332 g/mol. The standard InChI is InChI=1S/C21H26O5/c1-12-9-17-16(21(12)24)7-8-19(23)18(17)11-20(26-13(2)22)14-5-4-6-15(10-14)25-3/h4-6,10,12,16,20-21,24H,7-9,11H2,1-3H3/t12?,16?,20?,21-/m1/s1. The molecule has 0 amide bonds. The van der Waals surface area contributed by atoms with Gasteiger partial charge in [-0.25, -0.2) is 0 Å². The van der Waals surface area contributed by atoms with Gasteiger partial charge in [-0.15, -0.1) is 0 Å². The summed E-state index contributed by atoms with van der Waals surface area (Å²) in [5.41, 5.74) is 2.59. The molecule has 0 saturated heterocycles. The zero-order valence-corrected chi connectivity index (χ0v) is 15.5. The molecule has 0 bridgehead atoms. The summed E-state index contributed by atoms with van der Waals surface area (Å²) in [5.74, 6) is 0.608. The third kappa shape index (κ3) is 3.68. The molecule has 3 rings (SSSR count). The van der Waals surface area contributed by atoms with Gasteiger partial charge in [0.2, 0.25) is 0 Å². The summed E-state index contributed by atoms with van der Waals surface area (Å²) in [6.07, 6.45) is 1.30. The van der Waals surface area contributed by atoms with E-state index >= 15 is 0 Å². The van der Waals surface area contributed by atoms with Crippen molar-refractivity contribution in [2.75, 3.05) is 7.11 Å². The molecule has 26 heavy (non-hydrogen) atoms. The van der Waals surface area contributed by atoms with Crippen molar-refractivity contribution in [1.82, 2.24) is 0 Å². The molecule has 0 spiro atoms. The van der Waals surface area contributed by atoms with Gasteiger partial charge in [0.1, 0.15) is 11.9 Å². The summed E-state index contributed by atoms with van der Waals surface area (Å²) in [4.78, 5) is 24.3. The smallest absolute Gasteiger partial charge is 0.303 e. The average Bonchev–Trinajstić information content (AvgIpc) is 2.91. The predicted molar refractivity (Wildman–Crippen MR) is 96.7 cm³/mol. The van der Waals surface area contributed by atoms with Crippen LogP contribution in [-0.4, -0.2) is 30.1 Å². The van der Waals surface area contributed by atoms with Crippen LogP contribution in [0.15, 0.2) is 35.4 Å². The summed E-state index contributed by atoms with van der Waals surface area (Å²) < 4.78 is 10.8. The molecule has 1 N–H and O–H groups in total. The molecule has 1 fully saturated rings. The number of aliphatic hydroxyl groups excluding tert-OH is 1. The Morgan fingerprint density at radius 2 is 2.15 bits per heavy atom. The molecule has 2 aliphatic rings. The second-order valence-corrected chi connectivity index (χ2v) is 7.32. The number of Topliss-reactive ketones (excluding diaryl/α,β-unsaturated/α-hetero) is 1. The maximum Gasteiger partial charge on any atom is 0.303 e. The topological polar surface area (TPSA) is 72.8 Å². The van der Waals surface area contributed by atoms with Crippen LogP contribution in [0.5, 0.6) is 5.75 Å². The van der Waals surface area contributed by atoms with Crippen LogP contribution < -0.4 is 4.74 Å². The normalized spacial score (nSPS) is 26.5. The lowest BCUT2D eigenvalue weighted by Crippen LogP contribution is -2.25. The number of benzene rings is 1. The third-order valence-electron chi connectivity index (χ3n) is 5.55. The first kappa shape index (κ1) is 18.6. The van der Waals surface area contributed by atoms with Crippen LogP contribution in [-0.2, 0) is 14.3 Å². The maximum atomic E-state index is 12.6. The Balaban J connectivity index is 1.95. The van der Waals surface area contributed by atoms with Crippen molar-refractivity contribution in [2.45, 2.75) is 51.7 Å². The first-order chi connectivity index (χ1) is 12.4. The summed E-state index contributed by atoms with van der Waals surface area (Å²) in [7, 11) is 1.58. The Labute approximate surface area is 154 Å². The first-order valence-electron chi connectivity index (χ1n) is 9.15. The van der Waals surface area contributed by atoms with Crippen molar-refractivity contribution in [1.29, 1.82) is 0 Å². The summed E-state index contributed by atoms with van der Waals surface area (Å²) in [5, 5.41) is 10.4. The molecule has 1 aromatic carbocycles. The lowest BCUT2D eigenvalue weighted by Gasteiger charge is -2.27. The van der Waals surface area contributed by atoms with Gasteiger partial charge in [0, 0.05) is 25.7 Å². The average molecular weight is 358 g/mol. The zero-order chi connectivity index (χ0) is 18.8. The number of rotatable bonds is 5. The number of hydrogen-bond acceptors (Lipinski definition) is 5. The van der Waals surface area contributed by atoms with Crippen molar-refractivity contribution in [2.24, 2.45) is 11.8 Å². The van der Waals surface area contributed by atoms with Gasteiger partial charge >= 0.3 is 5.97 Å². The lowest BCUT2D eigenvalue weighted by atomic mass is 9.80. The molecule has 0 aromatic heterocycles. The summed E-state index contributed by atoms with van der Waals surface area (Å²) >= 11 is 0. The van der Waals surface area contributed by atoms with Crippen molar-refractivity contribution in [3.63, 3.8) is 0 Å². The number of fused-ring (bicyclic) bond motifs is 1. The highest BCUT2D eigenvalue weighted by molar-refractivity contribution is 5.97. The van der Waals surface area contributed by atoms with Gasteiger partial charge in [0.05, 0.1) is 13.2 Å². The number of hydrogen-bond donors (Lipinski definition) is 1. The van der Waals surface area contributed by atoms with Crippen LogP contribution in [0.25, 0.3) is 0 Å². The fraction of sp³-hybridized carbons (Fsp3) is 0.524. The molecule has 4 atom stereocenters.